The van der Waals surface area contributed by atoms with Gasteiger partial charge in [-0.25, -0.2) is 4.98 Å². The molecule has 3 rings (SSSR count). The van der Waals surface area contributed by atoms with Crippen LogP contribution >= 0.6 is 11.6 Å². The minimum Gasteiger partial charge on any atom is -0.418 e. The lowest BCUT2D eigenvalue weighted by molar-refractivity contribution is 0.608. The number of nitrogen functional groups attached to an aromatic ring is 1. The zero-order valence-corrected chi connectivity index (χ0v) is 9.48. The number of nitrogens with two attached hydrogens (primary N) is 1. The van der Waals surface area contributed by atoms with Crippen LogP contribution in [-0.2, 0) is 0 Å². The lowest BCUT2D eigenvalue weighted by atomic mass is 10.2. The summed E-state index contributed by atoms with van der Waals surface area (Å²) in [7, 11) is 0. The van der Waals surface area contributed by atoms with E-state index in [1.165, 1.54) is 0 Å². The van der Waals surface area contributed by atoms with E-state index in [0.29, 0.717) is 28.0 Å². The van der Waals surface area contributed by atoms with E-state index in [0.717, 1.165) is 5.56 Å². The molecule has 0 bridgehead atoms. The number of benzene rings is 1. The molecule has 0 unspecified atom stereocenters. The molecule has 2 N–H and O–H groups in total. The van der Waals surface area contributed by atoms with Gasteiger partial charge in [-0.15, -0.1) is 0 Å². The van der Waals surface area contributed by atoms with E-state index in [-0.39, 0.29) is 0 Å². The van der Waals surface area contributed by atoms with Crippen molar-refractivity contribution >= 4 is 28.6 Å². The first-order valence-corrected chi connectivity index (χ1v) is 5.40. The molecular formula is C12H8ClN3O. The highest BCUT2D eigenvalue weighted by molar-refractivity contribution is 6.33. The van der Waals surface area contributed by atoms with Crippen molar-refractivity contribution in [3.05, 3.63) is 41.4 Å². The quantitative estimate of drug-likeness (QED) is 0.715. The Kier molecular flexibility index (Phi) is 2.23. The van der Waals surface area contributed by atoms with Gasteiger partial charge in [-0.05, 0) is 24.3 Å². The Morgan fingerprint density at radius 2 is 1.88 bits per heavy atom. The first-order valence-electron chi connectivity index (χ1n) is 5.02. The fourth-order valence-corrected chi connectivity index (χ4v) is 1.80. The van der Waals surface area contributed by atoms with Crippen molar-refractivity contribution in [2.24, 2.45) is 0 Å². The summed E-state index contributed by atoms with van der Waals surface area (Å²) >= 11 is 6.07. The van der Waals surface area contributed by atoms with Crippen LogP contribution in [0.4, 0.5) is 5.82 Å². The van der Waals surface area contributed by atoms with Crippen LogP contribution in [0.3, 0.4) is 0 Å². The Hall–Kier alpha value is -2.07. The van der Waals surface area contributed by atoms with E-state index in [2.05, 4.69) is 9.97 Å². The van der Waals surface area contributed by atoms with Crippen LogP contribution in [0.15, 0.2) is 40.8 Å². The van der Waals surface area contributed by atoms with Gasteiger partial charge in [0.05, 0.1) is 10.6 Å². The minimum atomic E-state index is 0.402. The van der Waals surface area contributed by atoms with Gasteiger partial charge in [0, 0.05) is 0 Å². The summed E-state index contributed by atoms with van der Waals surface area (Å²) in [6.07, 6.45) is 0. The lowest BCUT2D eigenvalue weighted by Gasteiger charge is -1.96. The normalized spacial score (nSPS) is 10.9. The molecule has 0 aliphatic carbocycles. The molecule has 0 radical (unpaired) electrons. The molecule has 4 nitrogen and oxygen atoms in total. The summed E-state index contributed by atoms with van der Waals surface area (Å²) in [5, 5.41) is 0.590. The van der Waals surface area contributed by atoms with Crippen molar-refractivity contribution in [2.75, 3.05) is 5.73 Å². The number of nitrogens with zero attached hydrogens (tertiary/aromatic N) is 2. The minimum absolute atomic E-state index is 0.402. The number of halogens is 1. The van der Waals surface area contributed by atoms with Crippen molar-refractivity contribution in [3.63, 3.8) is 0 Å². The fourth-order valence-electron chi connectivity index (χ4n) is 1.58. The van der Waals surface area contributed by atoms with E-state index in [1.807, 2.05) is 18.2 Å². The molecule has 0 aliphatic heterocycles. The Balaban J connectivity index is 2.22. The topological polar surface area (TPSA) is 64.9 Å². The molecule has 84 valence electrons. The number of hydrogen-bond acceptors (Lipinski definition) is 4. The molecule has 0 saturated carbocycles. The van der Waals surface area contributed by atoms with Crippen LogP contribution in [0.25, 0.3) is 22.7 Å². The zero-order chi connectivity index (χ0) is 11.8. The maximum atomic E-state index is 6.07. The molecule has 1 aromatic carbocycles. The molecule has 0 atom stereocenters. The summed E-state index contributed by atoms with van der Waals surface area (Å²) in [4.78, 5) is 8.37. The average Bonchev–Trinajstić information content (AvgIpc) is 2.72. The molecule has 3 aromatic rings. The number of fused-ring (bicyclic) bond motifs is 1. The maximum Gasteiger partial charge on any atom is 0.249 e. The van der Waals surface area contributed by atoms with Gasteiger partial charge in [0.2, 0.25) is 11.6 Å². The second-order valence-electron chi connectivity index (χ2n) is 3.56. The third-order valence-electron chi connectivity index (χ3n) is 2.38. The van der Waals surface area contributed by atoms with E-state index in [1.54, 1.807) is 18.2 Å². The number of aromatic nitrogens is 2. The van der Waals surface area contributed by atoms with Crippen LogP contribution < -0.4 is 5.73 Å². The van der Waals surface area contributed by atoms with Gasteiger partial charge < -0.3 is 10.2 Å². The van der Waals surface area contributed by atoms with Crippen molar-refractivity contribution < 1.29 is 4.42 Å². The predicted molar refractivity (Wildman–Crippen MR) is 66.7 cm³/mol. The van der Waals surface area contributed by atoms with E-state index >= 15 is 0 Å². The fraction of sp³-hybridized carbons (Fsp3) is 0. The molecule has 0 fully saturated rings. The van der Waals surface area contributed by atoms with Crippen LogP contribution in [0.2, 0.25) is 5.02 Å². The maximum absolute atomic E-state index is 6.07. The van der Waals surface area contributed by atoms with Crippen LogP contribution in [0.1, 0.15) is 0 Å². The van der Waals surface area contributed by atoms with Gasteiger partial charge in [-0.1, -0.05) is 23.7 Å². The van der Waals surface area contributed by atoms with Gasteiger partial charge in [-0.2, -0.15) is 4.98 Å². The van der Waals surface area contributed by atoms with Crippen molar-refractivity contribution in [2.45, 2.75) is 0 Å². The number of anilines is 1. The van der Waals surface area contributed by atoms with Crippen LogP contribution in [-0.4, -0.2) is 9.97 Å². The highest BCUT2D eigenvalue weighted by Gasteiger charge is 2.11. The van der Waals surface area contributed by atoms with Crippen molar-refractivity contribution in [3.8, 4) is 11.5 Å². The molecule has 0 aliphatic rings. The second kappa shape index (κ2) is 3.75. The van der Waals surface area contributed by atoms with Gasteiger partial charge in [0.25, 0.3) is 0 Å². The summed E-state index contributed by atoms with van der Waals surface area (Å²) in [5.74, 6) is 0.850. The highest BCUT2D eigenvalue weighted by Crippen LogP contribution is 2.29. The SMILES string of the molecule is Nc1ccc2nc(-c3ccccc3Cl)oc2n1. The molecular weight excluding hydrogens is 238 g/mol. The Morgan fingerprint density at radius 3 is 2.71 bits per heavy atom. The standard InChI is InChI=1S/C12H8ClN3O/c13-8-4-2-1-3-7(8)11-15-9-5-6-10(14)16-12(9)17-11/h1-6H,(H2,14,16). The monoisotopic (exact) mass is 245 g/mol. The van der Waals surface area contributed by atoms with Gasteiger partial charge >= 0.3 is 0 Å². The second-order valence-corrected chi connectivity index (χ2v) is 3.97. The molecule has 5 heteroatoms. The van der Waals surface area contributed by atoms with Gasteiger partial charge in [0.15, 0.2) is 0 Å². The number of hydrogen-bond donors (Lipinski definition) is 1. The van der Waals surface area contributed by atoms with Gasteiger partial charge in [0.1, 0.15) is 11.3 Å². The van der Waals surface area contributed by atoms with E-state index < -0.39 is 0 Å². The third kappa shape index (κ3) is 1.72. The molecule has 17 heavy (non-hydrogen) atoms. The van der Waals surface area contributed by atoms with Crippen LogP contribution in [0, 0.1) is 0 Å². The molecule has 0 saturated heterocycles. The highest BCUT2D eigenvalue weighted by atomic mass is 35.5. The Bertz CT molecular complexity index is 693. The molecule has 0 amide bonds. The average molecular weight is 246 g/mol. The summed E-state index contributed by atoms with van der Waals surface area (Å²) in [6, 6.07) is 10.8. The van der Waals surface area contributed by atoms with Crippen molar-refractivity contribution in [1.82, 2.24) is 9.97 Å². The third-order valence-corrected chi connectivity index (χ3v) is 2.71. The zero-order valence-electron chi connectivity index (χ0n) is 8.72. The van der Waals surface area contributed by atoms with Crippen LogP contribution in [0.5, 0.6) is 0 Å². The molecule has 0 spiro atoms. The number of pyridine rings is 1. The van der Waals surface area contributed by atoms with E-state index in [9.17, 15) is 0 Å². The largest absolute Gasteiger partial charge is 0.418 e. The Morgan fingerprint density at radius 1 is 1.06 bits per heavy atom. The number of oxazole rings is 1. The predicted octanol–water partition coefficient (Wildman–Crippen LogP) is 3.13. The first-order chi connectivity index (χ1) is 8.24. The Labute approximate surface area is 102 Å². The molecule has 2 heterocycles. The van der Waals surface area contributed by atoms with E-state index in [4.69, 9.17) is 21.8 Å². The summed E-state index contributed by atoms with van der Waals surface area (Å²) < 4.78 is 5.53. The summed E-state index contributed by atoms with van der Waals surface area (Å²) in [5.41, 5.74) is 7.40. The number of rotatable bonds is 1. The summed E-state index contributed by atoms with van der Waals surface area (Å²) in [6.45, 7) is 0. The lowest BCUT2D eigenvalue weighted by Crippen LogP contribution is -1.87. The molecule has 2 aromatic heterocycles. The van der Waals surface area contributed by atoms with Gasteiger partial charge in [-0.3, -0.25) is 0 Å². The first kappa shape index (κ1) is 10.1. The smallest absolute Gasteiger partial charge is 0.249 e. The van der Waals surface area contributed by atoms with Crippen molar-refractivity contribution in [1.29, 1.82) is 0 Å².